The van der Waals surface area contributed by atoms with Gasteiger partial charge in [-0.15, -0.1) is 0 Å². The highest BCUT2D eigenvalue weighted by atomic mass is 16.5. The Morgan fingerprint density at radius 1 is 1.25 bits per heavy atom. The molecule has 0 saturated heterocycles. The Hall–Kier alpha value is -0.0800. The van der Waals surface area contributed by atoms with Crippen LogP contribution < -0.4 is 5.32 Å². The Bertz CT molecular complexity index is 203. The van der Waals surface area contributed by atoms with Crippen molar-refractivity contribution < 1.29 is 4.74 Å². The van der Waals surface area contributed by atoms with Crippen LogP contribution in [0.4, 0.5) is 0 Å². The third-order valence-electron chi connectivity index (χ3n) is 4.25. The second kappa shape index (κ2) is 6.02. The van der Waals surface area contributed by atoms with E-state index < -0.39 is 0 Å². The van der Waals surface area contributed by atoms with E-state index in [1.165, 1.54) is 45.1 Å². The van der Waals surface area contributed by atoms with Crippen LogP contribution >= 0.6 is 0 Å². The highest BCUT2D eigenvalue weighted by molar-refractivity contribution is 4.87. The predicted octanol–water partition coefficient (Wildman–Crippen LogP) is 2.83. The zero-order chi connectivity index (χ0) is 11.4. The molecule has 3 unspecified atom stereocenters. The fourth-order valence-electron chi connectivity index (χ4n) is 3.10. The first-order chi connectivity index (χ1) is 7.79. The van der Waals surface area contributed by atoms with E-state index in [0.29, 0.717) is 6.04 Å². The van der Waals surface area contributed by atoms with E-state index in [9.17, 15) is 0 Å². The monoisotopic (exact) mass is 225 g/mol. The maximum absolute atomic E-state index is 5.30. The SMILES string of the molecule is COCC(NCC1CCCC(C)C1)C1CC1. The van der Waals surface area contributed by atoms with Gasteiger partial charge in [-0.1, -0.05) is 19.8 Å². The molecule has 16 heavy (non-hydrogen) atoms. The summed E-state index contributed by atoms with van der Waals surface area (Å²) in [5.74, 6) is 2.77. The largest absolute Gasteiger partial charge is 0.383 e. The van der Waals surface area contributed by atoms with E-state index in [-0.39, 0.29) is 0 Å². The Kier molecular flexibility index (Phi) is 4.66. The van der Waals surface area contributed by atoms with Gasteiger partial charge in [-0.2, -0.15) is 0 Å². The molecule has 0 bridgehead atoms. The van der Waals surface area contributed by atoms with Crippen LogP contribution in [0.15, 0.2) is 0 Å². The maximum atomic E-state index is 5.30. The van der Waals surface area contributed by atoms with Crippen LogP contribution in [-0.4, -0.2) is 26.3 Å². The van der Waals surface area contributed by atoms with Crippen molar-refractivity contribution in [3.05, 3.63) is 0 Å². The molecular weight excluding hydrogens is 198 g/mol. The minimum Gasteiger partial charge on any atom is -0.383 e. The number of nitrogens with one attached hydrogen (secondary N) is 1. The van der Waals surface area contributed by atoms with Crippen LogP contribution in [0.1, 0.15) is 45.4 Å². The zero-order valence-electron chi connectivity index (χ0n) is 10.9. The summed E-state index contributed by atoms with van der Waals surface area (Å²) in [7, 11) is 1.82. The molecule has 2 heteroatoms. The van der Waals surface area contributed by atoms with Crippen LogP contribution in [0.25, 0.3) is 0 Å². The van der Waals surface area contributed by atoms with Gasteiger partial charge in [-0.05, 0) is 50.0 Å². The van der Waals surface area contributed by atoms with Crippen molar-refractivity contribution in [1.82, 2.24) is 5.32 Å². The van der Waals surface area contributed by atoms with E-state index in [0.717, 1.165) is 24.4 Å². The molecule has 2 fully saturated rings. The third-order valence-corrected chi connectivity index (χ3v) is 4.25. The van der Waals surface area contributed by atoms with E-state index >= 15 is 0 Å². The normalized spacial score (nSPS) is 32.6. The molecule has 1 N–H and O–H groups in total. The van der Waals surface area contributed by atoms with Gasteiger partial charge >= 0.3 is 0 Å². The van der Waals surface area contributed by atoms with Gasteiger partial charge in [0.25, 0.3) is 0 Å². The summed E-state index contributed by atoms with van der Waals surface area (Å²) in [4.78, 5) is 0. The zero-order valence-corrected chi connectivity index (χ0v) is 10.9. The summed E-state index contributed by atoms with van der Waals surface area (Å²) in [5.41, 5.74) is 0. The lowest BCUT2D eigenvalue weighted by atomic mass is 9.82. The molecule has 94 valence electrons. The van der Waals surface area contributed by atoms with Crippen LogP contribution in [0.5, 0.6) is 0 Å². The minimum absolute atomic E-state index is 0.627. The molecule has 0 heterocycles. The topological polar surface area (TPSA) is 21.3 Å². The third kappa shape index (κ3) is 3.74. The molecule has 2 aliphatic rings. The summed E-state index contributed by atoms with van der Waals surface area (Å²) in [6.07, 6.45) is 8.55. The first kappa shape index (κ1) is 12.4. The molecule has 0 amide bonds. The lowest BCUT2D eigenvalue weighted by Crippen LogP contribution is -2.39. The lowest BCUT2D eigenvalue weighted by molar-refractivity contribution is 0.151. The quantitative estimate of drug-likeness (QED) is 0.750. The number of ether oxygens (including phenoxy) is 1. The van der Waals surface area contributed by atoms with Gasteiger partial charge in [0, 0.05) is 13.2 Å². The predicted molar refractivity (Wildman–Crippen MR) is 67.5 cm³/mol. The van der Waals surface area contributed by atoms with Crippen LogP contribution in [0.3, 0.4) is 0 Å². The summed E-state index contributed by atoms with van der Waals surface area (Å²) in [5, 5.41) is 3.75. The summed E-state index contributed by atoms with van der Waals surface area (Å²) in [6.45, 7) is 4.52. The molecule has 3 atom stereocenters. The van der Waals surface area contributed by atoms with Crippen molar-refractivity contribution in [2.24, 2.45) is 17.8 Å². The smallest absolute Gasteiger partial charge is 0.0618 e. The Balaban J connectivity index is 1.67. The standard InChI is InChI=1S/C14H27NO/c1-11-4-3-5-12(8-11)9-15-14(10-16-2)13-6-7-13/h11-15H,3-10H2,1-2H3. The van der Waals surface area contributed by atoms with Crippen LogP contribution in [-0.2, 0) is 4.74 Å². The van der Waals surface area contributed by atoms with Crippen molar-refractivity contribution in [1.29, 1.82) is 0 Å². The molecule has 0 radical (unpaired) electrons. The van der Waals surface area contributed by atoms with Gasteiger partial charge in [0.1, 0.15) is 0 Å². The lowest BCUT2D eigenvalue weighted by Gasteiger charge is -2.28. The number of hydrogen-bond acceptors (Lipinski definition) is 2. The molecule has 0 spiro atoms. The molecule has 0 aromatic rings. The molecule has 2 nitrogen and oxygen atoms in total. The fourth-order valence-corrected chi connectivity index (χ4v) is 3.10. The second-order valence-corrected chi connectivity index (χ2v) is 5.95. The van der Waals surface area contributed by atoms with Crippen molar-refractivity contribution >= 4 is 0 Å². The highest BCUT2D eigenvalue weighted by Gasteiger charge is 2.31. The summed E-state index contributed by atoms with van der Waals surface area (Å²) >= 11 is 0. The van der Waals surface area contributed by atoms with Gasteiger partial charge < -0.3 is 10.1 Å². The van der Waals surface area contributed by atoms with Gasteiger partial charge in [0.2, 0.25) is 0 Å². The molecule has 0 aromatic carbocycles. The van der Waals surface area contributed by atoms with E-state index in [2.05, 4.69) is 12.2 Å². The first-order valence-electron chi connectivity index (χ1n) is 7.02. The molecule has 0 aromatic heterocycles. The first-order valence-corrected chi connectivity index (χ1v) is 7.02. The van der Waals surface area contributed by atoms with Crippen LogP contribution in [0.2, 0.25) is 0 Å². The maximum Gasteiger partial charge on any atom is 0.0618 e. The molecule has 2 rings (SSSR count). The molecule has 0 aliphatic heterocycles. The Morgan fingerprint density at radius 3 is 2.69 bits per heavy atom. The number of hydrogen-bond donors (Lipinski definition) is 1. The molecular formula is C14H27NO. The Labute approximate surface area is 100 Å². The van der Waals surface area contributed by atoms with E-state index in [1.807, 2.05) is 7.11 Å². The fraction of sp³-hybridized carbons (Fsp3) is 1.00. The highest BCUT2D eigenvalue weighted by Crippen LogP contribution is 2.33. The average Bonchev–Trinajstić information content (AvgIpc) is 3.08. The van der Waals surface area contributed by atoms with Crippen molar-refractivity contribution in [2.45, 2.75) is 51.5 Å². The average molecular weight is 225 g/mol. The second-order valence-electron chi connectivity index (χ2n) is 5.95. The molecule has 2 saturated carbocycles. The van der Waals surface area contributed by atoms with Crippen LogP contribution in [0, 0.1) is 17.8 Å². The van der Waals surface area contributed by atoms with E-state index in [4.69, 9.17) is 4.74 Å². The van der Waals surface area contributed by atoms with Gasteiger partial charge in [-0.25, -0.2) is 0 Å². The Morgan fingerprint density at radius 2 is 2.06 bits per heavy atom. The van der Waals surface area contributed by atoms with Gasteiger partial charge in [0.15, 0.2) is 0 Å². The molecule has 2 aliphatic carbocycles. The number of rotatable bonds is 6. The van der Waals surface area contributed by atoms with Gasteiger partial charge in [0.05, 0.1) is 6.61 Å². The van der Waals surface area contributed by atoms with Crippen molar-refractivity contribution in [2.75, 3.05) is 20.3 Å². The van der Waals surface area contributed by atoms with E-state index in [1.54, 1.807) is 0 Å². The minimum atomic E-state index is 0.627. The summed E-state index contributed by atoms with van der Waals surface area (Å²) < 4.78 is 5.30. The van der Waals surface area contributed by atoms with Crippen molar-refractivity contribution in [3.8, 4) is 0 Å². The van der Waals surface area contributed by atoms with Crippen molar-refractivity contribution in [3.63, 3.8) is 0 Å². The number of methoxy groups -OCH3 is 1. The summed E-state index contributed by atoms with van der Waals surface area (Å²) in [6, 6.07) is 0.627. The van der Waals surface area contributed by atoms with Gasteiger partial charge in [-0.3, -0.25) is 0 Å².